The topological polar surface area (TPSA) is 75.0 Å². The molecule has 1 saturated heterocycles. The number of hydrogen-bond acceptors (Lipinski definition) is 4. The van der Waals surface area contributed by atoms with E-state index in [-0.39, 0.29) is 11.2 Å². The van der Waals surface area contributed by atoms with E-state index in [0.717, 1.165) is 5.69 Å². The molecular weight excluding hydrogens is 200 g/mol. The minimum absolute atomic E-state index is 0.0307. The van der Waals surface area contributed by atoms with E-state index in [0.29, 0.717) is 24.5 Å². The van der Waals surface area contributed by atoms with Crippen LogP contribution in [-0.2, 0) is 4.79 Å². The number of nitrogen functional groups attached to an aromatic ring is 1. The van der Waals surface area contributed by atoms with Gasteiger partial charge in [-0.05, 0) is 6.92 Å². The summed E-state index contributed by atoms with van der Waals surface area (Å²) in [5.41, 5.74) is 7.11. The molecule has 1 aromatic heterocycles. The van der Waals surface area contributed by atoms with Crippen LogP contribution in [0.15, 0.2) is 0 Å². The van der Waals surface area contributed by atoms with Gasteiger partial charge < -0.3 is 5.73 Å². The summed E-state index contributed by atoms with van der Waals surface area (Å²) < 4.78 is 0. The van der Waals surface area contributed by atoms with Crippen molar-refractivity contribution in [3.63, 3.8) is 0 Å². The number of nitrogens with two attached hydrogens (primary N) is 1. The summed E-state index contributed by atoms with van der Waals surface area (Å²) in [6.45, 7) is 2.40. The van der Waals surface area contributed by atoms with E-state index in [9.17, 15) is 4.79 Å². The van der Waals surface area contributed by atoms with E-state index in [2.05, 4.69) is 22.8 Å². The molecule has 1 aliphatic heterocycles. The van der Waals surface area contributed by atoms with Crippen molar-refractivity contribution < 1.29 is 4.79 Å². The number of amides is 1. The highest BCUT2D eigenvalue weighted by Crippen LogP contribution is 2.28. The van der Waals surface area contributed by atoms with Crippen molar-refractivity contribution >= 4 is 30.0 Å². The Bertz CT molecular complexity index is 375. The van der Waals surface area contributed by atoms with Crippen LogP contribution in [0.4, 0.5) is 11.5 Å². The smallest absolute Gasteiger partial charge is 0.229 e. The third kappa shape index (κ3) is 1.35. The first kappa shape index (κ1) is 9.39. The lowest BCUT2D eigenvalue weighted by Crippen LogP contribution is -2.25. The van der Waals surface area contributed by atoms with Crippen molar-refractivity contribution in [3.05, 3.63) is 5.69 Å². The molecule has 0 spiro atoms. The Morgan fingerprint density at radius 3 is 2.86 bits per heavy atom. The third-order valence-corrected chi connectivity index (χ3v) is 2.68. The quantitative estimate of drug-likeness (QED) is 0.587. The zero-order valence-electron chi connectivity index (χ0n) is 7.82. The van der Waals surface area contributed by atoms with Crippen molar-refractivity contribution in [3.8, 4) is 0 Å². The minimum Gasteiger partial charge on any atom is -0.394 e. The molecule has 0 aromatic carbocycles. The molecule has 2 heterocycles. The lowest BCUT2D eigenvalue weighted by molar-refractivity contribution is -0.117. The van der Waals surface area contributed by atoms with Crippen molar-refractivity contribution in [2.24, 2.45) is 0 Å². The van der Waals surface area contributed by atoms with E-state index < -0.39 is 0 Å². The SMILES string of the molecule is Cc1[nH]nc(N2CC(S)CC2=O)c1N. The van der Waals surface area contributed by atoms with Crippen LogP contribution in [0.1, 0.15) is 12.1 Å². The zero-order valence-corrected chi connectivity index (χ0v) is 8.71. The predicted molar refractivity (Wildman–Crippen MR) is 57.5 cm³/mol. The maximum atomic E-state index is 11.5. The maximum absolute atomic E-state index is 11.5. The second-order valence-corrected chi connectivity index (χ2v) is 4.18. The number of aromatic nitrogens is 2. The van der Waals surface area contributed by atoms with E-state index in [1.54, 1.807) is 4.90 Å². The zero-order chi connectivity index (χ0) is 10.3. The number of carbonyl (C=O) groups excluding carboxylic acids is 1. The minimum atomic E-state index is 0.0307. The van der Waals surface area contributed by atoms with Gasteiger partial charge in [0, 0.05) is 18.2 Å². The van der Waals surface area contributed by atoms with Crippen LogP contribution in [0.3, 0.4) is 0 Å². The van der Waals surface area contributed by atoms with Gasteiger partial charge in [-0.1, -0.05) is 0 Å². The van der Waals surface area contributed by atoms with Crippen molar-refractivity contribution in [2.45, 2.75) is 18.6 Å². The first-order valence-electron chi connectivity index (χ1n) is 4.38. The second-order valence-electron chi connectivity index (χ2n) is 3.45. The van der Waals surface area contributed by atoms with Gasteiger partial charge in [0.05, 0.1) is 11.4 Å². The van der Waals surface area contributed by atoms with Gasteiger partial charge >= 0.3 is 0 Å². The van der Waals surface area contributed by atoms with Crippen molar-refractivity contribution in [1.82, 2.24) is 10.2 Å². The van der Waals surface area contributed by atoms with Crippen LogP contribution >= 0.6 is 12.6 Å². The highest BCUT2D eigenvalue weighted by molar-refractivity contribution is 7.81. The van der Waals surface area contributed by atoms with Crippen LogP contribution < -0.4 is 10.6 Å². The van der Waals surface area contributed by atoms with E-state index in [1.807, 2.05) is 6.92 Å². The molecule has 0 bridgehead atoms. The Hall–Kier alpha value is -1.17. The van der Waals surface area contributed by atoms with Crippen LogP contribution in [-0.4, -0.2) is 27.9 Å². The molecule has 2 rings (SSSR count). The number of nitrogens with zero attached hydrogens (tertiary/aromatic N) is 2. The van der Waals surface area contributed by atoms with Crippen LogP contribution in [0.2, 0.25) is 0 Å². The molecule has 0 saturated carbocycles. The molecular formula is C8H12N4OS. The summed E-state index contributed by atoms with van der Waals surface area (Å²) in [5.74, 6) is 0.562. The lowest BCUT2D eigenvalue weighted by atomic mass is 10.4. The molecule has 14 heavy (non-hydrogen) atoms. The number of thiol groups is 1. The van der Waals surface area contributed by atoms with Crippen LogP contribution in [0.25, 0.3) is 0 Å². The van der Waals surface area contributed by atoms with Crippen LogP contribution in [0.5, 0.6) is 0 Å². The molecule has 76 valence electrons. The Balaban J connectivity index is 2.32. The average molecular weight is 212 g/mol. The lowest BCUT2D eigenvalue weighted by Gasteiger charge is -2.12. The Kier molecular flexibility index (Phi) is 2.14. The van der Waals surface area contributed by atoms with Gasteiger partial charge in [-0.2, -0.15) is 17.7 Å². The number of carbonyl (C=O) groups is 1. The first-order valence-corrected chi connectivity index (χ1v) is 4.90. The second kappa shape index (κ2) is 3.20. The molecule has 6 heteroatoms. The van der Waals surface area contributed by atoms with Gasteiger partial charge in [0.1, 0.15) is 0 Å². The number of aromatic amines is 1. The Morgan fingerprint density at radius 2 is 2.43 bits per heavy atom. The first-order chi connectivity index (χ1) is 6.59. The molecule has 1 aromatic rings. The molecule has 1 aliphatic rings. The fourth-order valence-corrected chi connectivity index (χ4v) is 1.84. The molecule has 1 fully saturated rings. The maximum Gasteiger partial charge on any atom is 0.229 e. The number of aryl methyl sites for hydroxylation is 1. The monoisotopic (exact) mass is 212 g/mol. The van der Waals surface area contributed by atoms with E-state index >= 15 is 0 Å². The van der Waals surface area contributed by atoms with Crippen molar-refractivity contribution in [2.75, 3.05) is 17.2 Å². The molecule has 0 radical (unpaired) electrons. The third-order valence-electron chi connectivity index (χ3n) is 2.33. The van der Waals surface area contributed by atoms with Gasteiger partial charge in [0.25, 0.3) is 0 Å². The van der Waals surface area contributed by atoms with Gasteiger partial charge in [0.2, 0.25) is 5.91 Å². The Morgan fingerprint density at radius 1 is 1.71 bits per heavy atom. The summed E-state index contributed by atoms with van der Waals surface area (Å²) in [5, 5.41) is 6.84. The largest absolute Gasteiger partial charge is 0.394 e. The molecule has 0 aliphatic carbocycles. The molecule has 1 unspecified atom stereocenters. The molecule has 5 nitrogen and oxygen atoms in total. The highest BCUT2D eigenvalue weighted by atomic mass is 32.1. The number of anilines is 2. The molecule has 1 amide bonds. The van der Waals surface area contributed by atoms with Gasteiger partial charge in [-0.25, -0.2) is 0 Å². The summed E-state index contributed by atoms with van der Waals surface area (Å²) in [4.78, 5) is 13.1. The average Bonchev–Trinajstić information content (AvgIpc) is 2.59. The summed E-state index contributed by atoms with van der Waals surface area (Å²) in [6, 6.07) is 0. The fraction of sp³-hybridized carbons (Fsp3) is 0.500. The standard InChI is InChI=1S/C8H12N4OS/c1-4-7(9)8(11-10-4)12-3-5(14)2-6(12)13/h5,14H,2-3,9H2,1H3,(H,10,11). The van der Waals surface area contributed by atoms with Crippen molar-refractivity contribution in [1.29, 1.82) is 0 Å². The number of rotatable bonds is 1. The highest BCUT2D eigenvalue weighted by Gasteiger charge is 2.31. The normalized spacial score (nSPS) is 22.0. The molecule has 1 atom stereocenters. The van der Waals surface area contributed by atoms with Gasteiger partial charge in [-0.3, -0.25) is 14.8 Å². The summed E-state index contributed by atoms with van der Waals surface area (Å²) in [6.07, 6.45) is 0.453. The summed E-state index contributed by atoms with van der Waals surface area (Å²) in [7, 11) is 0. The molecule has 3 N–H and O–H groups in total. The summed E-state index contributed by atoms with van der Waals surface area (Å²) >= 11 is 4.26. The number of hydrogen-bond donors (Lipinski definition) is 3. The van der Waals surface area contributed by atoms with E-state index in [4.69, 9.17) is 5.73 Å². The fourth-order valence-electron chi connectivity index (χ4n) is 1.52. The van der Waals surface area contributed by atoms with E-state index in [1.165, 1.54) is 0 Å². The predicted octanol–water partition coefficient (Wildman–Crippen LogP) is 0.335. The number of H-pyrrole nitrogens is 1. The van der Waals surface area contributed by atoms with Gasteiger partial charge in [-0.15, -0.1) is 0 Å². The Labute approximate surface area is 87.1 Å². The van der Waals surface area contributed by atoms with Crippen LogP contribution in [0, 0.1) is 6.92 Å². The number of nitrogens with one attached hydrogen (secondary N) is 1. The van der Waals surface area contributed by atoms with Gasteiger partial charge in [0.15, 0.2) is 5.82 Å².